The third-order valence-electron chi connectivity index (χ3n) is 4.69. The van der Waals surface area contributed by atoms with Gasteiger partial charge in [-0.1, -0.05) is 48.5 Å². The molecule has 2 N–H and O–H groups in total. The second-order valence-electron chi connectivity index (χ2n) is 6.49. The van der Waals surface area contributed by atoms with Crippen molar-refractivity contribution in [1.82, 2.24) is 4.57 Å². The number of nitrogens with zero attached hydrogens (tertiary/aromatic N) is 1. The number of aromatic nitrogens is 1. The minimum absolute atomic E-state index is 0.286. The van der Waals surface area contributed by atoms with Gasteiger partial charge in [0.2, 0.25) is 0 Å². The first kappa shape index (κ1) is 17.5. The number of carbonyl (C=O) groups excluding carboxylic acids is 1. The van der Waals surface area contributed by atoms with Gasteiger partial charge in [-0.05, 0) is 42.8 Å². The van der Waals surface area contributed by atoms with Gasteiger partial charge < -0.3 is 10.4 Å². The number of nitrogens with one attached hydrogen (secondary N) is 1. The molecule has 3 aromatic carbocycles. The molecular weight excluding hydrogens is 352 g/mol. The number of para-hydroxylation sites is 3. The molecule has 4 rings (SSSR count). The molecule has 5 heteroatoms. The molecule has 0 radical (unpaired) electrons. The van der Waals surface area contributed by atoms with Crippen LogP contribution in [0, 0.1) is 6.92 Å². The molecule has 0 aliphatic carbocycles. The van der Waals surface area contributed by atoms with Gasteiger partial charge in [-0.25, -0.2) is 0 Å². The summed E-state index contributed by atoms with van der Waals surface area (Å²) in [5.74, 6) is -0.967. The zero-order valence-corrected chi connectivity index (χ0v) is 15.2. The van der Waals surface area contributed by atoms with Crippen LogP contribution in [0.15, 0.2) is 83.7 Å². The van der Waals surface area contributed by atoms with Crippen molar-refractivity contribution in [3.05, 3.63) is 100 Å². The number of rotatable bonds is 3. The molecule has 1 aromatic heterocycles. The van der Waals surface area contributed by atoms with E-state index >= 15 is 0 Å². The molecule has 0 spiro atoms. The molecule has 138 valence electrons. The molecule has 0 atom stereocenters. The molecule has 0 fully saturated rings. The van der Waals surface area contributed by atoms with Crippen LogP contribution >= 0.6 is 0 Å². The van der Waals surface area contributed by atoms with Crippen LogP contribution in [0.1, 0.15) is 15.9 Å². The van der Waals surface area contributed by atoms with Crippen molar-refractivity contribution in [2.24, 2.45) is 0 Å². The van der Waals surface area contributed by atoms with Gasteiger partial charge in [0, 0.05) is 16.8 Å². The summed E-state index contributed by atoms with van der Waals surface area (Å²) < 4.78 is 1.45. The van der Waals surface area contributed by atoms with E-state index in [0.717, 1.165) is 5.56 Å². The highest BCUT2D eigenvalue weighted by molar-refractivity contribution is 6.09. The molecule has 28 heavy (non-hydrogen) atoms. The van der Waals surface area contributed by atoms with Gasteiger partial charge in [-0.15, -0.1) is 0 Å². The lowest BCUT2D eigenvalue weighted by molar-refractivity contribution is 0.102. The Morgan fingerprint density at radius 1 is 0.893 bits per heavy atom. The van der Waals surface area contributed by atoms with E-state index in [4.69, 9.17) is 0 Å². The number of carbonyl (C=O) groups is 1. The Bertz CT molecular complexity index is 1240. The number of pyridine rings is 1. The van der Waals surface area contributed by atoms with Gasteiger partial charge >= 0.3 is 0 Å². The standard InChI is InChI=1S/C23H18N2O3/c1-15-9-5-7-13-18(15)24-22(27)20-21(26)17-12-6-8-14-19(17)25(23(20)28)16-10-3-2-4-11-16/h2-14,26H,1H3,(H,24,27). The van der Waals surface area contributed by atoms with E-state index in [1.165, 1.54) is 4.57 Å². The smallest absolute Gasteiger partial charge is 0.272 e. The van der Waals surface area contributed by atoms with Crippen LogP contribution < -0.4 is 10.9 Å². The summed E-state index contributed by atoms with van der Waals surface area (Å²) in [7, 11) is 0. The van der Waals surface area contributed by atoms with Gasteiger partial charge in [0.1, 0.15) is 11.3 Å². The average molecular weight is 370 g/mol. The molecule has 0 bridgehead atoms. The minimum Gasteiger partial charge on any atom is -0.506 e. The maximum atomic E-state index is 13.3. The second-order valence-corrected chi connectivity index (χ2v) is 6.49. The van der Waals surface area contributed by atoms with E-state index in [0.29, 0.717) is 22.3 Å². The number of amides is 1. The van der Waals surface area contributed by atoms with Crippen LogP contribution in [-0.4, -0.2) is 15.6 Å². The monoisotopic (exact) mass is 370 g/mol. The van der Waals surface area contributed by atoms with E-state index < -0.39 is 11.5 Å². The molecule has 5 nitrogen and oxygen atoms in total. The van der Waals surface area contributed by atoms with Gasteiger partial charge in [-0.2, -0.15) is 0 Å². The molecule has 0 aliphatic heterocycles. The summed E-state index contributed by atoms with van der Waals surface area (Å²) in [6, 6.07) is 23.3. The van der Waals surface area contributed by atoms with Crippen LogP contribution in [-0.2, 0) is 0 Å². The molecule has 0 saturated heterocycles. The van der Waals surface area contributed by atoms with Crippen molar-refractivity contribution in [1.29, 1.82) is 0 Å². The second kappa shape index (κ2) is 7.04. The quantitative estimate of drug-likeness (QED) is 0.566. The van der Waals surface area contributed by atoms with Crippen molar-refractivity contribution in [3.63, 3.8) is 0 Å². The lowest BCUT2D eigenvalue weighted by Gasteiger charge is -2.15. The maximum Gasteiger partial charge on any atom is 0.272 e. The summed E-state index contributed by atoms with van der Waals surface area (Å²) >= 11 is 0. The highest BCUT2D eigenvalue weighted by Crippen LogP contribution is 2.28. The van der Waals surface area contributed by atoms with Crippen molar-refractivity contribution >= 4 is 22.5 Å². The average Bonchev–Trinajstić information content (AvgIpc) is 2.71. The predicted octanol–water partition coefficient (Wildman–Crippen LogP) is 4.26. The molecular formula is C23H18N2O3. The zero-order chi connectivity index (χ0) is 19.7. The largest absolute Gasteiger partial charge is 0.506 e. The number of anilines is 1. The van der Waals surface area contributed by atoms with Crippen molar-refractivity contribution in [3.8, 4) is 11.4 Å². The molecule has 1 amide bonds. The fourth-order valence-corrected chi connectivity index (χ4v) is 3.26. The molecule has 4 aromatic rings. The van der Waals surface area contributed by atoms with Crippen LogP contribution in [0.5, 0.6) is 5.75 Å². The Hall–Kier alpha value is -3.86. The Balaban J connectivity index is 1.96. The summed E-state index contributed by atoms with van der Waals surface area (Å²) in [5.41, 5.74) is 1.74. The lowest BCUT2D eigenvalue weighted by atomic mass is 10.1. The molecule has 0 aliphatic rings. The Labute approximate surface area is 161 Å². The van der Waals surface area contributed by atoms with Crippen molar-refractivity contribution in [2.75, 3.05) is 5.32 Å². The third-order valence-corrected chi connectivity index (χ3v) is 4.69. The summed E-state index contributed by atoms with van der Waals surface area (Å²) in [4.78, 5) is 26.2. The van der Waals surface area contributed by atoms with Crippen molar-refractivity contribution < 1.29 is 9.90 Å². The van der Waals surface area contributed by atoms with Gasteiger partial charge in [0.15, 0.2) is 0 Å². The Kier molecular flexibility index (Phi) is 4.41. The lowest BCUT2D eigenvalue weighted by Crippen LogP contribution is -2.29. The number of hydrogen-bond donors (Lipinski definition) is 2. The van der Waals surface area contributed by atoms with Gasteiger partial charge in [0.05, 0.1) is 5.52 Å². The normalized spacial score (nSPS) is 10.8. The van der Waals surface area contributed by atoms with Crippen LogP contribution in [0.25, 0.3) is 16.6 Å². The van der Waals surface area contributed by atoms with Crippen LogP contribution in [0.4, 0.5) is 5.69 Å². The fourth-order valence-electron chi connectivity index (χ4n) is 3.26. The summed E-state index contributed by atoms with van der Waals surface area (Å²) in [6.07, 6.45) is 0. The summed E-state index contributed by atoms with van der Waals surface area (Å²) in [5, 5.41) is 13.9. The number of aromatic hydroxyl groups is 1. The third kappa shape index (κ3) is 2.93. The van der Waals surface area contributed by atoms with E-state index in [-0.39, 0.29) is 11.3 Å². The van der Waals surface area contributed by atoms with Gasteiger partial charge in [0.25, 0.3) is 11.5 Å². The molecule has 0 unspecified atom stereocenters. The van der Waals surface area contributed by atoms with E-state index in [1.807, 2.05) is 37.3 Å². The number of fused-ring (bicyclic) bond motifs is 1. The topological polar surface area (TPSA) is 71.3 Å². The fraction of sp³-hybridized carbons (Fsp3) is 0.0435. The summed E-state index contributed by atoms with van der Waals surface area (Å²) in [6.45, 7) is 1.86. The highest BCUT2D eigenvalue weighted by Gasteiger charge is 2.23. The van der Waals surface area contributed by atoms with E-state index in [1.54, 1.807) is 48.5 Å². The Morgan fingerprint density at radius 3 is 2.29 bits per heavy atom. The first-order valence-electron chi connectivity index (χ1n) is 8.87. The number of benzene rings is 3. The van der Waals surface area contributed by atoms with Gasteiger partial charge in [-0.3, -0.25) is 14.2 Å². The van der Waals surface area contributed by atoms with Crippen LogP contribution in [0.3, 0.4) is 0 Å². The highest BCUT2D eigenvalue weighted by atomic mass is 16.3. The zero-order valence-electron chi connectivity index (χ0n) is 15.2. The first-order valence-corrected chi connectivity index (χ1v) is 8.87. The Morgan fingerprint density at radius 2 is 1.54 bits per heavy atom. The first-order chi connectivity index (χ1) is 13.6. The van der Waals surface area contributed by atoms with Crippen molar-refractivity contribution in [2.45, 2.75) is 6.92 Å². The van der Waals surface area contributed by atoms with Crippen LogP contribution in [0.2, 0.25) is 0 Å². The molecule has 0 saturated carbocycles. The maximum absolute atomic E-state index is 13.3. The molecule has 1 heterocycles. The number of aryl methyl sites for hydroxylation is 1. The minimum atomic E-state index is -0.646. The predicted molar refractivity (Wildman–Crippen MR) is 110 cm³/mol. The van der Waals surface area contributed by atoms with E-state index in [2.05, 4.69) is 5.32 Å². The SMILES string of the molecule is Cc1ccccc1NC(=O)c1c(O)c2ccccc2n(-c2ccccc2)c1=O. The number of hydrogen-bond acceptors (Lipinski definition) is 3. The van der Waals surface area contributed by atoms with E-state index in [9.17, 15) is 14.7 Å².